The lowest BCUT2D eigenvalue weighted by atomic mass is 10.1. The number of hydrogen-bond acceptors (Lipinski definition) is 2. The molecule has 90 valence electrons. The van der Waals surface area contributed by atoms with E-state index >= 15 is 0 Å². The summed E-state index contributed by atoms with van der Waals surface area (Å²) in [7, 11) is 0. The van der Waals surface area contributed by atoms with Crippen LogP contribution in [0.15, 0.2) is 34.9 Å². The van der Waals surface area contributed by atoms with Gasteiger partial charge >= 0.3 is 0 Å². The highest BCUT2D eigenvalue weighted by Crippen LogP contribution is 2.31. The third-order valence-electron chi connectivity index (χ3n) is 2.50. The molecule has 0 atom stereocenters. The van der Waals surface area contributed by atoms with Crippen molar-refractivity contribution in [1.29, 1.82) is 0 Å². The van der Waals surface area contributed by atoms with Crippen LogP contribution >= 0.6 is 11.6 Å². The van der Waals surface area contributed by atoms with Gasteiger partial charge in [0.05, 0.1) is 12.8 Å². The van der Waals surface area contributed by atoms with Crippen molar-refractivity contribution in [3.8, 4) is 11.1 Å². The van der Waals surface area contributed by atoms with E-state index in [1.165, 1.54) is 12.1 Å². The molecule has 0 saturated heterocycles. The second-order valence-electron chi connectivity index (χ2n) is 3.66. The average molecular weight is 254 g/mol. The minimum Gasteiger partial charge on any atom is -0.467 e. The molecule has 0 bridgehead atoms. The molecule has 4 heteroatoms. The highest BCUT2D eigenvalue weighted by Gasteiger charge is 2.12. The molecule has 1 heterocycles. The van der Waals surface area contributed by atoms with Gasteiger partial charge in [-0.1, -0.05) is 18.5 Å². The number of hydrogen-bond donors (Lipinski definition) is 1. The van der Waals surface area contributed by atoms with Gasteiger partial charge in [-0.15, -0.1) is 0 Å². The first kappa shape index (κ1) is 12.1. The number of halogens is 2. The minimum absolute atomic E-state index is 0.306. The molecule has 0 aliphatic rings. The van der Waals surface area contributed by atoms with Crippen LogP contribution in [0.3, 0.4) is 0 Å². The first-order chi connectivity index (χ1) is 8.22. The quantitative estimate of drug-likeness (QED) is 0.895. The third-order valence-corrected chi connectivity index (χ3v) is 2.83. The highest BCUT2D eigenvalue weighted by atomic mass is 35.5. The second kappa shape index (κ2) is 5.34. The van der Waals surface area contributed by atoms with Crippen molar-refractivity contribution in [3.05, 3.63) is 47.1 Å². The topological polar surface area (TPSA) is 25.2 Å². The molecule has 0 amide bonds. The van der Waals surface area contributed by atoms with Crippen molar-refractivity contribution in [2.24, 2.45) is 0 Å². The molecule has 0 saturated carbocycles. The number of benzene rings is 1. The fourth-order valence-corrected chi connectivity index (χ4v) is 1.88. The Bertz CT molecular complexity index is 510. The smallest absolute Gasteiger partial charge is 0.125 e. The van der Waals surface area contributed by atoms with Crippen molar-refractivity contribution in [2.75, 3.05) is 6.54 Å². The number of rotatable bonds is 4. The maximum atomic E-state index is 13.2. The lowest BCUT2D eigenvalue weighted by Gasteiger charge is -2.05. The summed E-state index contributed by atoms with van der Waals surface area (Å²) in [4.78, 5) is 0. The zero-order valence-corrected chi connectivity index (χ0v) is 10.2. The van der Waals surface area contributed by atoms with Crippen LogP contribution in [0.5, 0.6) is 0 Å². The Morgan fingerprint density at radius 2 is 2.12 bits per heavy atom. The van der Waals surface area contributed by atoms with Crippen molar-refractivity contribution < 1.29 is 8.81 Å². The average Bonchev–Trinajstić information content (AvgIpc) is 2.77. The van der Waals surface area contributed by atoms with E-state index in [4.69, 9.17) is 16.0 Å². The van der Waals surface area contributed by atoms with Gasteiger partial charge < -0.3 is 9.73 Å². The van der Waals surface area contributed by atoms with Gasteiger partial charge in [-0.25, -0.2) is 4.39 Å². The molecule has 0 aliphatic carbocycles. The van der Waals surface area contributed by atoms with Crippen LogP contribution in [0.4, 0.5) is 4.39 Å². The largest absolute Gasteiger partial charge is 0.467 e. The van der Waals surface area contributed by atoms with Crippen LogP contribution < -0.4 is 5.32 Å². The summed E-state index contributed by atoms with van der Waals surface area (Å²) in [5.74, 6) is 0.458. The van der Waals surface area contributed by atoms with E-state index in [1.807, 2.05) is 6.92 Å². The molecule has 0 radical (unpaired) electrons. The Morgan fingerprint density at radius 3 is 2.88 bits per heavy atom. The van der Waals surface area contributed by atoms with Gasteiger partial charge in [0.2, 0.25) is 0 Å². The molecule has 2 aromatic rings. The van der Waals surface area contributed by atoms with Crippen molar-refractivity contribution in [1.82, 2.24) is 5.32 Å². The van der Waals surface area contributed by atoms with Gasteiger partial charge in [0.25, 0.3) is 0 Å². The zero-order valence-electron chi connectivity index (χ0n) is 9.47. The fraction of sp³-hybridized carbons (Fsp3) is 0.231. The standard InChI is InChI=1S/C13H13ClFNO/c1-2-16-8-13-10(5-6-17-13)11-7-9(15)3-4-12(11)14/h3-7,16H,2,8H2,1H3. The summed E-state index contributed by atoms with van der Waals surface area (Å²) in [5, 5.41) is 3.68. The van der Waals surface area contributed by atoms with Crippen LogP contribution in [0, 0.1) is 5.82 Å². The van der Waals surface area contributed by atoms with E-state index in [0.29, 0.717) is 17.1 Å². The molecule has 1 aromatic heterocycles. The van der Waals surface area contributed by atoms with Gasteiger partial charge in [-0.3, -0.25) is 0 Å². The van der Waals surface area contributed by atoms with E-state index in [1.54, 1.807) is 18.4 Å². The van der Waals surface area contributed by atoms with Gasteiger partial charge in [0, 0.05) is 16.1 Å². The highest BCUT2D eigenvalue weighted by molar-refractivity contribution is 6.33. The molecule has 0 aliphatic heterocycles. The van der Waals surface area contributed by atoms with E-state index in [-0.39, 0.29) is 5.82 Å². The fourth-order valence-electron chi connectivity index (χ4n) is 1.66. The van der Waals surface area contributed by atoms with E-state index in [2.05, 4.69) is 5.32 Å². The van der Waals surface area contributed by atoms with E-state index in [9.17, 15) is 4.39 Å². The van der Waals surface area contributed by atoms with Crippen LogP contribution in [0.25, 0.3) is 11.1 Å². The molecule has 0 unspecified atom stereocenters. The van der Waals surface area contributed by atoms with Crippen LogP contribution in [-0.2, 0) is 6.54 Å². The molecule has 2 rings (SSSR count). The summed E-state index contributed by atoms with van der Waals surface area (Å²) in [6, 6.07) is 6.11. The maximum Gasteiger partial charge on any atom is 0.125 e. The summed E-state index contributed by atoms with van der Waals surface area (Å²) < 4.78 is 18.6. The van der Waals surface area contributed by atoms with E-state index < -0.39 is 0 Å². The van der Waals surface area contributed by atoms with Crippen LogP contribution in [-0.4, -0.2) is 6.54 Å². The Hall–Kier alpha value is -1.32. The predicted molar refractivity (Wildman–Crippen MR) is 66.5 cm³/mol. The summed E-state index contributed by atoms with van der Waals surface area (Å²) in [6.45, 7) is 3.46. The van der Waals surface area contributed by atoms with Crippen LogP contribution in [0.1, 0.15) is 12.7 Å². The molecule has 0 spiro atoms. The molecule has 17 heavy (non-hydrogen) atoms. The summed E-state index contributed by atoms with van der Waals surface area (Å²) in [5.41, 5.74) is 1.49. The van der Waals surface area contributed by atoms with Crippen molar-refractivity contribution in [3.63, 3.8) is 0 Å². The SMILES string of the molecule is CCNCc1occc1-c1cc(F)ccc1Cl. The third kappa shape index (κ3) is 2.68. The molecular formula is C13H13ClFNO. The number of furan rings is 1. The zero-order chi connectivity index (χ0) is 12.3. The molecule has 2 nitrogen and oxygen atoms in total. The minimum atomic E-state index is -0.306. The maximum absolute atomic E-state index is 13.2. The normalized spacial score (nSPS) is 10.8. The first-order valence-electron chi connectivity index (χ1n) is 5.45. The van der Waals surface area contributed by atoms with Gasteiger partial charge in [-0.05, 0) is 30.8 Å². The van der Waals surface area contributed by atoms with Crippen LogP contribution in [0.2, 0.25) is 5.02 Å². The van der Waals surface area contributed by atoms with Crippen molar-refractivity contribution in [2.45, 2.75) is 13.5 Å². The number of nitrogens with one attached hydrogen (secondary N) is 1. The molecule has 1 N–H and O–H groups in total. The molecule has 1 aromatic carbocycles. The predicted octanol–water partition coefficient (Wildman–Crippen LogP) is 3.85. The lowest BCUT2D eigenvalue weighted by molar-refractivity contribution is 0.489. The summed E-state index contributed by atoms with van der Waals surface area (Å²) in [6.07, 6.45) is 1.59. The molecular weight excluding hydrogens is 241 g/mol. The molecule has 0 fully saturated rings. The monoisotopic (exact) mass is 253 g/mol. The Morgan fingerprint density at radius 1 is 1.29 bits per heavy atom. The lowest BCUT2D eigenvalue weighted by Crippen LogP contribution is -2.11. The van der Waals surface area contributed by atoms with Gasteiger partial charge in [0.15, 0.2) is 0 Å². The summed E-state index contributed by atoms with van der Waals surface area (Å²) >= 11 is 6.06. The Labute approximate surface area is 104 Å². The van der Waals surface area contributed by atoms with Gasteiger partial charge in [0.1, 0.15) is 11.6 Å². The second-order valence-corrected chi connectivity index (χ2v) is 4.07. The van der Waals surface area contributed by atoms with Crippen molar-refractivity contribution >= 4 is 11.6 Å². The Balaban J connectivity index is 2.38. The van der Waals surface area contributed by atoms with Gasteiger partial charge in [-0.2, -0.15) is 0 Å². The Kier molecular flexibility index (Phi) is 3.82. The van der Waals surface area contributed by atoms with E-state index in [0.717, 1.165) is 17.9 Å². The first-order valence-corrected chi connectivity index (χ1v) is 5.82.